The summed E-state index contributed by atoms with van der Waals surface area (Å²) in [5.74, 6) is -0.985. The van der Waals surface area contributed by atoms with Gasteiger partial charge >= 0.3 is 5.97 Å². The molecule has 1 aromatic rings. The molecule has 0 fully saturated rings. The van der Waals surface area contributed by atoms with E-state index in [-0.39, 0.29) is 5.97 Å². The molecule has 0 saturated heterocycles. The lowest BCUT2D eigenvalue weighted by atomic mass is 9.58. The minimum atomic E-state index is -1.32. The number of aliphatic hydroxyl groups is 1. The van der Waals surface area contributed by atoms with E-state index in [0.717, 1.165) is 18.4 Å². The van der Waals surface area contributed by atoms with Gasteiger partial charge in [-0.25, -0.2) is 0 Å². The molecule has 3 heteroatoms. The van der Waals surface area contributed by atoms with Crippen LogP contribution in [0.4, 0.5) is 0 Å². The van der Waals surface area contributed by atoms with Crippen LogP contribution in [0.1, 0.15) is 66.9 Å². The van der Waals surface area contributed by atoms with Crippen LogP contribution in [0.5, 0.6) is 0 Å². The summed E-state index contributed by atoms with van der Waals surface area (Å²) in [6.07, 6.45) is 1.80. The molecule has 1 aromatic carbocycles. The van der Waals surface area contributed by atoms with Crippen molar-refractivity contribution in [3.8, 4) is 0 Å². The van der Waals surface area contributed by atoms with Gasteiger partial charge in [-0.2, -0.15) is 0 Å². The summed E-state index contributed by atoms with van der Waals surface area (Å²) in [7, 11) is 0. The van der Waals surface area contributed by atoms with Crippen molar-refractivity contribution in [2.24, 2.45) is 16.7 Å². The van der Waals surface area contributed by atoms with E-state index in [1.54, 1.807) is 0 Å². The molecule has 0 bridgehead atoms. The molecule has 0 radical (unpaired) electrons. The fourth-order valence-electron chi connectivity index (χ4n) is 3.28. The first-order valence-electron chi connectivity index (χ1n) is 8.90. The highest BCUT2D eigenvalue weighted by Gasteiger charge is 2.56. The summed E-state index contributed by atoms with van der Waals surface area (Å²) in [5.41, 5.74) is -1.54. The highest BCUT2D eigenvalue weighted by Crippen LogP contribution is 2.51. The third-order valence-electron chi connectivity index (χ3n) is 4.62. The normalized spacial score (nSPS) is 16.3. The van der Waals surface area contributed by atoms with Crippen LogP contribution in [0.2, 0.25) is 0 Å². The second-order valence-electron chi connectivity index (χ2n) is 8.70. The maximum atomic E-state index is 12.9. The van der Waals surface area contributed by atoms with E-state index in [1.807, 2.05) is 71.9 Å². The van der Waals surface area contributed by atoms with Crippen molar-refractivity contribution < 1.29 is 14.6 Å². The predicted molar refractivity (Wildman–Crippen MR) is 98.6 cm³/mol. The molecule has 0 amide bonds. The predicted octanol–water partition coefficient (Wildman–Crippen LogP) is 4.93. The zero-order valence-corrected chi connectivity index (χ0v) is 16.3. The third kappa shape index (κ3) is 4.38. The SMILES string of the molecule is CCCCOC(=O)C(C(C)(C)C)C(O)(c1ccccc1)C(C)(C)C. The van der Waals surface area contributed by atoms with E-state index in [2.05, 4.69) is 6.92 Å². The summed E-state index contributed by atoms with van der Waals surface area (Å²) in [6, 6.07) is 9.49. The quantitative estimate of drug-likeness (QED) is 0.593. The molecule has 0 saturated carbocycles. The first kappa shape index (κ1) is 20.7. The average molecular weight is 335 g/mol. The maximum Gasteiger partial charge on any atom is 0.312 e. The molecule has 0 heterocycles. The van der Waals surface area contributed by atoms with Crippen molar-refractivity contribution in [2.75, 3.05) is 6.61 Å². The van der Waals surface area contributed by atoms with Crippen molar-refractivity contribution in [1.82, 2.24) is 0 Å². The molecule has 0 spiro atoms. The van der Waals surface area contributed by atoms with Crippen molar-refractivity contribution in [3.05, 3.63) is 35.9 Å². The van der Waals surface area contributed by atoms with E-state index in [4.69, 9.17) is 4.74 Å². The standard InChI is InChI=1S/C21H34O3/c1-8-9-15-24-18(22)17(19(2,3)4)21(23,20(5,6)7)16-13-11-10-12-14-16/h10-14,17,23H,8-9,15H2,1-7H3. The Morgan fingerprint density at radius 1 is 1.08 bits per heavy atom. The highest BCUT2D eigenvalue weighted by molar-refractivity contribution is 5.75. The summed E-state index contributed by atoms with van der Waals surface area (Å²) < 4.78 is 5.53. The Balaban J connectivity index is 3.41. The van der Waals surface area contributed by atoms with Crippen molar-refractivity contribution >= 4 is 5.97 Å². The fourth-order valence-corrected chi connectivity index (χ4v) is 3.28. The lowest BCUT2D eigenvalue weighted by molar-refractivity contribution is -0.187. The lowest BCUT2D eigenvalue weighted by Crippen LogP contribution is -2.54. The van der Waals surface area contributed by atoms with Gasteiger partial charge in [0, 0.05) is 0 Å². The van der Waals surface area contributed by atoms with Crippen molar-refractivity contribution in [1.29, 1.82) is 0 Å². The number of benzene rings is 1. The first-order valence-corrected chi connectivity index (χ1v) is 8.90. The number of carbonyl (C=O) groups excluding carboxylic acids is 1. The van der Waals surface area contributed by atoms with Gasteiger partial charge in [-0.05, 0) is 22.8 Å². The molecule has 1 N–H and O–H groups in total. The molecule has 3 nitrogen and oxygen atoms in total. The zero-order valence-electron chi connectivity index (χ0n) is 16.3. The second-order valence-corrected chi connectivity index (χ2v) is 8.70. The summed E-state index contributed by atoms with van der Waals surface area (Å²) in [5, 5.41) is 11.8. The highest BCUT2D eigenvalue weighted by atomic mass is 16.5. The van der Waals surface area contributed by atoms with E-state index >= 15 is 0 Å². The minimum Gasteiger partial charge on any atom is -0.465 e. The number of hydrogen-bond acceptors (Lipinski definition) is 3. The molecule has 0 aliphatic heterocycles. The fraction of sp³-hybridized carbons (Fsp3) is 0.667. The maximum absolute atomic E-state index is 12.9. The zero-order chi connectivity index (χ0) is 18.6. The molecule has 0 aliphatic carbocycles. The first-order chi connectivity index (χ1) is 11.0. The van der Waals surface area contributed by atoms with Gasteiger partial charge in [0.1, 0.15) is 5.60 Å². The monoisotopic (exact) mass is 334 g/mol. The van der Waals surface area contributed by atoms with Crippen molar-refractivity contribution in [3.63, 3.8) is 0 Å². The topological polar surface area (TPSA) is 46.5 Å². The van der Waals surface area contributed by atoms with E-state index < -0.39 is 22.3 Å². The van der Waals surface area contributed by atoms with Crippen LogP contribution >= 0.6 is 0 Å². The third-order valence-corrected chi connectivity index (χ3v) is 4.62. The van der Waals surface area contributed by atoms with Gasteiger partial charge in [-0.1, -0.05) is 85.2 Å². The second kappa shape index (κ2) is 7.69. The number of ether oxygens (including phenoxy) is 1. The van der Waals surface area contributed by atoms with Gasteiger partial charge in [-0.15, -0.1) is 0 Å². The molecule has 0 aromatic heterocycles. The molecule has 1 rings (SSSR count). The molecule has 136 valence electrons. The molecule has 2 unspecified atom stereocenters. The minimum absolute atomic E-state index is 0.322. The Kier molecular flexibility index (Phi) is 6.63. The number of hydrogen-bond donors (Lipinski definition) is 1. The van der Waals surface area contributed by atoms with Crippen LogP contribution in [0.3, 0.4) is 0 Å². The van der Waals surface area contributed by atoms with Gasteiger partial charge in [0.25, 0.3) is 0 Å². The molecular formula is C21H34O3. The smallest absolute Gasteiger partial charge is 0.312 e. The molecular weight excluding hydrogens is 300 g/mol. The van der Waals surface area contributed by atoms with Crippen LogP contribution in [0, 0.1) is 16.7 Å². The summed E-state index contributed by atoms with van der Waals surface area (Å²) >= 11 is 0. The summed E-state index contributed by atoms with van der Waals surface area (Å²) in [6.45, 7) is 14.3. The molecule has 2 atom stereocenters. The Labute approximate surface area is 147 Å². The number of carbonyl (C=O) groups is 1. The van der Waals surface area contributed by atoms with E-state index in [1.165, 1.54) is 0 Å². The summed E-state index contributed by atoms with van der Waals surface area (Å²) in [4.78, 5) is 12.9. The van der Waals surface area contributed by atoms with E-state index in [0.29, 0.717) is 6.61 Å². The van der Waals surface area contributed by atoms with Gasteiger partial charge in [0.2, 0.25) is 0 Å². The molecule has 0 aliphatic rings. The largest absolute Gasteiger partial charge is 0.465 e. The van der Waals surface area contributed by atoms with Crippen LogP contribution in [0.25, 0.3) is 0 Å². The Hall–Kier alpha value is -1.35. The Morgan fingerprint density at radius 3 is 2.04 bits per heavy atom. The Morgan fingerprint density at radius 2 is 1.62 bits per heavy atom. The number of unbranched alkanes of at least 4 members (excludes halogenated alkanes) is 1. The van der Waals surface area contributed by atoms with E-state index in [9.17, 15) is 9.90 Å². The Bertz CT molecular complexity index is 522. The van der Waals surface area contributed by atoms with Crippen molar-refractivity contribution in [2.45, 2.75) is 66.9 Å². The van der Waals surface area contributed by atoms with Crippen LogP contribution in [0.15, 0.2) is 30.3 Å². The van der Waals surface area contributed by atoms with Gasteiger partial charge in [-0.3, -0.25) is 4.79 Å². The van der Waals surface area contributed by atoms with Gasteiger partial charge in [0.05, 0.1) is 12.5 Å². The van der Waals surface area contributed by atoms with Gasteiger partial charge < -0.3 is 9.84 Å². The van der Waals surface area contributed by atoms with Crippen LogP contribution in [-0.4, -0.2) is 17.7 Å². The van der Waals surface area contributed by atoms with Gasteiger partial charge in [0.15, 0.2) is 0 Å². The average Bonchev–Trinajstić information content (AvgIpc) is 2.45. The van der Waals surface area contributed by atoms with Crippen LogP contribution in [-0.2, 0) is 15.1 Å². The van der Waals surface area contributed by atoms with Crippen LogP contribution < -0.4 is 0 Å². The molecule has 24 heavy (non-hydrogen) atoms. The lowest BCUT2D eigenvalue weighted by Gasteiger charge is -2.49. The number of rotatable bonds is 6. The number of esters is 1.